The van der Waals surface area contributed by atoms with E-state index in [9.17, 15) is 4.79 Å². The van der Waals surface area contributed by atoms with Gasteiger partial charge in [-0.1, -0.05) is 30.1 Å². The van der Waals surface area contributed by atoms with Crippen molar-refractivity contribution in [2.45, 2.75) is 20.3 Å². The lowest BCUT2D eigenvalue weighted by atomic mass is 10.1. The van der Waals surface area contributed by atoms with Crippen molar-refractivity contribution in [3.05, 3.63) is 50.4 Å². The highest BCUT2D eigenvalue weighted by Crippen LogP contribution is 2.37. The Kier molecular flexibility index (Phi) is 7.41. The van der Waals surface area contributed by atoms with Crippen LogP contribution in [0.25, 0.3) is 0 Å². The highest BCUT2D eigenvalue weighted by atomic mass is 79.9. The molecule has 0 radical (unpaired) electrons. The van der Waals surface area contributed by atoms with Crippen LogP contribution in [0.4, 0.5) is 5.69 Å². The SMILES string of the molecule is CCCOc1c(Br)cc(C(=O)Nc2ccc(Cl)c(Cl)c2)cc1OCC. The summed E-state index contributed by atoms with van der Waals surface area (Å²) in [5, 5.41) is 3.59. The number of benzene rings is 2. The van der Waals surface area contributed by atoms with Crippen molar-refractivity contribution < 1.29 is 14.3 Å². The number of anilines is 1. The van der Waals surface area contributed by atoms with Crippen molar-refractivity contribution in [2.75, 3.05) is 18.5 Å². The topological polar surface area (TPSA) is 47.6 Å². The zero-order valence-corrected chi connectivity index (χ0v) is 17.0. The smallest absolute Gasteiger partial charge is 0.255 e. The van der Waals surface area contributed by atoms with Crippen molar-refractivity contribution in [3.8, 4) is 11.5 Å². The van der Waals surface area contributed by atoms with Crippen LogP contribution in [-0.2, 0) is 0 Å². The standard InChI is InChI=1S/C18H18BrCl2NO3/c1-3-7-25-17-13(19)8-11(9-16(17)24-4-2)18(23)22-12-5-6-14(20)15(21)10-12/h5-6,8-10H,3-4,7H2,1-2H3,(H,22,23). The summed E-state index contributed by atoms with van der Waals surface area (Å²) >= 11 is 15.3. The molecule has 0 saturated heterocycles. The van der Waals surface area contributed by atoms with Gasteiger partial charge in [0.15, 0.2) is 11.5 Å². The van der Waals surface area contributed by atoms with Gasteiger partial charge >= 0.3 is 0 Å². The van der Waals surface area contributed by atoms with E-state index in [1.807, 2.05) is 13.8 Å². The number of nitrogens with one attached hydrogen (secondary N) is 1. The molecule has 1 amide bonds. The van der Waals surface area contributed by atoms with Crippen LogP contribution < -0.4 is 14.8 Å². The predicted octanol–water partition coefficient (Wildman–Crippen LogP) is 6.20. The molecule has 0 fully saturated rings. The number of halogens is 3. The van der Waals surface area contributed by atoms with Gasteiger partial charge in [-0.25, -0.2) is 0 Å². The minimum absolute atomic E-state index is 0.290. The zero-order valence-electron chi connectivity index (χ0n) is 13.9. The van der Waals surface area contributed by atoms with Crippen LogP contribution in [0.15, 0.2) is 34.8 Å². The number of hydrogen-bond acceptors (Lipinski definition) is 3. The van der Waals surface area contributed by atoms with Crippen molar-refractivity contribution in [3.63, 3.8) is 0 Å². The third kappa shape index (κ3) is 5.27. The van der Waals surface area contributed by atoms with Crippen LogP contribution >= 0.6 is 39.1 Å². The molecule has 0 aliphatic heterocycles. The monoisotopic (exact) mass is 445 g/mol. The fourth-order valence-electron chi connectivity index (χ4n) is 2.08. The number of hydrogen-bond donors (Lipinski definition) is 1. The number of ether oxygens (including phenoxy) is 2. The third-order valence-electron chi connectivity index (χ3n) is 3.20. The lowest BCUT2D eigenvalue weighted by molar-refractivity contribution is 0.102. The van der Waals surface area contributed by atoms with E-state index in [2.05, 4.69) is 21.2 Å². The Labute approximate surface area is 165 Å². The highest BCUT2D eigenvalue weighted by Gasteiger charge is 2.16. The van der Waals surface area contributed by atoms with Gasteiger partial charge in [0.25, 0.3) is 5.91 Å². The van der Waals surface area contributed by atoms with Crippen molar-refractivity contribution in [1.82, 2.24) is 0 Å². The largest absolute Gasteiger partial charge is 0.490 e. The van der Waals surface area contributed by atoms with Gasteiger partial charge in [0.05, 0.1) is 27.7 Å². The number of rotatable bonds is 7. The van der Waals surface area contributed by atoms with Crippen LogP contribution in [0.2, 0.25) is 10.0 Å². The summed E-state index contributed by atoms with van der Waals surface area (Å²) in [5.41, 5.74) is 0.991. The molecule has 0 aliphatic rings. The molecule has 2 rings (SSSR count). The van der Waals surface area contributed by atoms with Gasteiger partial charge < -0.3 is 14.8 Å². The lowest BCUT2D eigenvalue weighted by Crippen LogP contribution is -2.13. The van der Waals surface area contributed by atoms with E-state index in [-0.39, 0.29) is 5.91 Å². The number of carbonyl (C=O) groups excluding carboxylic acids is 1. The molecule has 0 bridgehead atoms. The van der Waals surface area contributed by atoms with Crippen molar-refractivity contribution >= 4 is 50.7 Å². The number of amides is 1. The van der Waals surface area contributed by atoms with Gasteiger partial charge in [-0.3, -0.25) is 4.79 Å². The van der Waals surface area contributed by atoms with E-state index in [4.69, 9.17) is 32.7 Å². The minimum Gasteiger partial charge on any atom is -0.490 e. The van der Waals surface area contributed by atoms with E-state index in [0.717, 1.165) is 6.42 Å². The number of carbonyl (C=O) groups is 1. The second-order valence-electron chi connectivity index (χ2n) is 5.15. The average molecular weight is 447 g/mol. The second kappa shape index (κ2) is 9.32. The molecule has 2 aromatic carbocycles. The first kappa shape index (κ1) is 19.9. The predicted molar refractivity (Wildman–Crippen MR) is 106 cm³/mol. The maximum atomic E-state index is 12.5. The Morgan fingerprint density at radius 1 is 1.12 bits per heavy atom. The molecule has 0 saturated carbocycles. The highest BCUT2D eigenvalue weighted by molar-refractivity contribution is 9.10. The molecule has 0 spiro atoms. The fourth-order valence-corrected chi connectivity index (χ4v) is 2.94. The molecule has 0 aliphatic carbocycles. The normalized spacial score (nSPS) is 10.4. The first-order valence-electron chi connectivity index (χ1n) is 7.81. The van der Waals surface area contributed by atoms with E-state index >= 15 is 0 Å². The van der Waals surface area contributed by atoms with Gasteiger partial charge in [-0.15, -0.1) is 0 Å². The van der Waals surface area contributed by atoms with Gasteiger partial charge in [0.1, 0.15) is 0 Å². The molecular formula is C18H18BrCl2NO3. The van der Waals surface area contributed by atoms with Gasteiger partial charge in [-0.05, 0) is 59.6 Å². The summed E-state index contributed by atoms with van der Waals surface area (Å²) in [6.45, 7) is 4.92. The molecular weight excluding hydrogens is 429 g/mol. The zero-order chi connectivity index (χ0) is 18.4. The maximum Gasteiger partial charge on any atom is 0.255 e. The van der Waals surface area contributed by atoms with Crippen LogP contribution in [-0.4, -0.2) is 19.1 Å². The summed E-state index contributed by atoms with van der Waals surface area (Å²) in [4.78, 5) is 12.5. The average Bonchev–Trinajstić information content (AvgIpc) is 2.57. The summed E-state index contributed by atoms with van der Waals surface area (Å²) in [6, 6.07) is 8.26. The molecule has 2 aromatic rings. The fraction of sp³-hybridized carbons (Fsp3) is 0.278. The maximum absolute atomic E-state index is 12.5. The van der Waals surface area contributed by atoms with E-state index in [1.54, 1.807) is 30.3 Å². The van der Waals surface area contributed by atoms with Crippen LogP contribution in [0, 0.1) is 0 Å². The Bertz CT molecular complexity index is 768. The first-order valence-corrected chi connectivity index (χ1v) is 9.36. The first-order chi connectivity index (χ1) is 12.0. The summed E-state index contributed by atoms with van der Waals surface area (Å²) < 4.78 is 12.0. The summed E-state index contributed by atoms with van der Waals surface area (Å²) in [7, 11) is 0. The Balaban J connectivity index is 2.27. The molecule has 134 valence electrons. The van der Waals surface area contributed by atoms with Crippen LogP contribution in [0.5, 0.6) is 11.5 Å². The minimum atomic E-state index is -0.290. The van der Waals surface area contributed by atoms with Crippen LogP contribution in [0.3, 0.4) is 0 Å². The molecule has 1 N–H and O–H groups in total. The van der Waals surface area contributed by atoms with E-state index in [0.29, 0.717) is 50.5 Å². The molecule has 25 heavy (non-hydrogen) atoms. The molecule has 7 heteroatoms. The van der Waals surface area contributed by atoms with Crippen LogP contribution in [0.1, 0.15) is 30.6 Å². The summed E-state index contributed by atoms with van der Waals surface area (Å²) in [5.74, 6) is 0.821. The molecule has 0 unspecified atom stereocenters. The lowest BCUT2D eigenvalue weighted by Gasteiger charge is -2.15. The van der Waals surface area contributed by atoms with Crippen molar-refractivity contribution in [1.29, 1.82) is 0 Å². The van der Waals surface area contributed by atoms with E-state index in [1.165, 1.54) is 0 Å². The van der Waals surface area contributed by atoms with Gasteiger partial charge in [0, 0.05) is 11.3 Å². The Morgan fingerprint density at radius 2 is 1.88 bits per heavy atom. The van der Waals surface area contributed by atoms with Crippen molar-refractivity contribution in [2.24, 2.45) is 0 Å². The summed E-state index contributed by atoms with van der Waals surface area (Å²) in [6.07, 6.45) is 0.873. The molecule has 4 nitrogen and oxygen atoms in total. The van der Waals surface area contributed by atoms with Gasteiger partial charge in [-0.2, -0.15) is 0 Å². The quantitative estimate of drug-likeness (QED) is 0.551. The Hall–Kier alpha value is -1.43. The van der Waals surface area contributed by atoms with Gasteiger partial charge in [0.2, 0.25) is 0 Å². The third-order valence-corrected chi connectivity index (χ3v) is 4.53. The molecule has 0 atom stereocenters. The second-order valence-corrected chi connectivity index (χ2v) is 6.82. The Morgan fingerprint density at radius 3 is 2.52 bits per heavy atom. The molecule has 0 aromatic heterocycles. The molecule has 0 heterocycles. The van der Waals surface area contributed by atoms with E-state index < -0.39 is 0 Å².